The molecule has 176 valence electrons. The Morgan fingerprint density at radius 1 is 0.971 bits per heavy atom. The minimum atomic E-state index is -0.234. The summed E-state index contributed by atoms with van der Waals surface area (Å²) in [5.74, 6) is 2.00. The third-order valence-corrected chi connectivity index (χ3v) is 6.23. The average Bonchev–Trinajstić information content (AvgIpc) is 3.32. The molecule has 6 nitrogen and oxygen atoms in total. The van der Waals surface area contributed by atoms with Gasteiger partial charge < -0.3 is 19.4 Å². The molecule has 4 aromatic rings. The Hall–Kier alpha value is -4.32. The van der Waals surface area contributed by atoms with Gasteiger partial charge >= 0.3 is 0 Å². The fourth-order valence-electron chi connectivity index (χ4n) is 4.28. The van der Waals surface area contributed by atoms with Crippen LogP contribution in [0.2, 0.25) is 0 Å². The van der Waals surface area contributed by atoms with Gasteiger partial charge in [0.1, 0.15) is 17.3 Å². The quantitative estimate of drug-likeness (QED) is 0.409. The van der Waals surface area contributed by atoms with Gasteiger partial charge in [-0.05, 0) is 61.5 Å². The molecule has 0 saturated carbocycles. The number of hydrogen-bond acceptors (Lipinski definition) is 4. The van der Waals surface area contributed by atoms with Crippen molar-refractivity contribution in [3.8, 4) is 17.1 Å². The summed E-state index contributed by atoms with van der Waals surface area (Å²) in [6, 6.07) is 24.3. The van der Waals surface area contributed by atoms with E-state index in [0.29, 0.717) is 42.1 Å². The number of nitrogens with one attached hydrogen (secondary N) is 1. The molecule has 0 fully saturated rings. The largest absolute Gasteiger partial charge is 0.496 e. The zero-order valence-electron chi connectivity index (χ0n) is 19.7. The summed E-state index contributed by atoms with van der Waals surface area (Å²) in [4.78, 5) is 27.4. The lowest BCUT2D eigenvalue weighted by Crippen LogP contribution is -2.35. The van der Waals surface area contributed by atoms with E-state index in [1.807, 2.05) is 72.5 Å². The first-order valence-electron chi connectivity index (χ1n) is 11.5. The third-order valence-electron chi connectivity index (χ3n) is 6.23. The van der Waals surface area contributed by atoms with Gasteiger partial charge in [0.25, 0.3) is 11.8 Å². The zero-order chi connectivity index (χ0) is 24.4. The molecule has 5 rings (SSSR count). The normalized spacial score (nSPS) is 12.7. The average molecular weight is 467 g/mol. The summed E-state index contributed by atoms with van der Waals surface area (Å²) in [5.41, 5.74) is 4.92. The van der Waals surface area contributed by atoms with Crippen LogP contribution in [-0.4, -0.2) is 30.4 Å². The van der Waals surface area contributed by atoms with Crippen molar-refractivity contribution >= 4 is 17.5 Å². The van der Waals surface area contributed by atoms with Gasteiger partial charge in [0.05, 0.1) is 12.7 Å². The second-order valence-corrected chi connectivity index (χ2v) is 8.63. The van der Waals surface area contributed by atoms with Crippen LogP contribution in [0, 0.1) is 6.92 Å². The molecule has 2 heterocycles. The number of furan rings is 1. The number of carbonyl (C=O) groups excluding carboxylic acids is 2. The Kier molecular flexibility index (Phi) is 6.10. The third kappa shape index (κ3) is 4.68. The van der Waals surface area contributed by atoms with E-state index in [4.69, 9.17) is 9.15 Å². The van der Waals surface area contributed by atoms with Gasteiger partial charge in [0.2, 0.25) is 0 Å². The van der Waals surface area contributed by atoms with Gasteiger partial charge in [-0.25, -0.2) is 0 Å². The Morgan fingerprint density at radius 3 is 2.46 bits per heavy atom. The van der Waals surface area contributed by atoms with Crippen LogP contribution in [0.15, 0.2) is 83.3 Å². The number of fused-ring (bicyclic) bond motifs is 1. The summed E-state index contributed by atoms with van der Waals surface area (Å²) >= 11 is 0. The van der Waals surface area contributed by atoms with Crippen LogP contribution >= 0.6 is 0 Å². The smallest absolute Gasteiger partial charge is 0.259 e. The number of hydrogen-bond donors (Lipinski definition) is 1. The van der Waals surface area contributed by atoms with Crippen molar-refractivity contribution in [2.45, 2.75) is 19.9 Å². The topological polar surface area (TPSA) is 71.8 Å². The number of amides is 2. The lowest BCUT2D eigenvalue weighted by Gasteiger charge is -2.26. The van der Waals surface area contributed by atoms with E-state index in [0.717, 1.165) is 28.2 Å². The van der Waals surface area contributed by atoms with Crippen molar-refractivity contribution < 1.29 is 18.7 Å². The lowest BCUT2D eigenvalue weighted by atomic mass is 10.1. The second-order valence-electron chi connectivity index (χ2n) is 8.63. The number of para-hydroxylation sites is 1. The van der Waals surface area contributed by atoms with E-state index < -0.39 is 0 Å². The zero-order valence-corrected chi connectivity index (χ0v) is 19.7. The molecule has 0 atom stereocenters. The number of aryl methyl sites for hydroxylation is 1. The first-order chi connectivity index (χ1) is 17.0. The van der Waals surface area contributed by atoms with Gasteiger partial charge in [-0.3, -0.25) is 9.59 Å². The van der Waals surface area contributed by atoms with E-state index in [1.165, 1.54) is 0 Å². The molecule has 0 spiro atoms. The molecule has 0 aliphatic carbocycles. The Balaban J connectivity index is 1.28. The predicted octanol–water partition coefficient (Wildman–Crippen LogP) is 5.71. The number of benzene rings is 3. The summed E-state index contributed by atoms with van der Waals surface area (Å²) < 4.78 is 11.4. The van der Waals surface area contributed by atoms with Crippen LogP contribution in [0.5, 0.6) is 5.75 Å². The number of rotatable bonds is 5. The number of anilines is 1. The van der Waals surface area contributed by atoms with Crippen LogP contribution in [0.25, 0.3) is 11.3 Å². The van der Waals surface area contributed by atoms with Crippen LogP contribution in [0.4, 0.5) is 5.69 Å². The molecule has 2 amide bonds. The standard InChI is InChI=1S/C29H26N2O4/c1-19-7-9-21(10-8-19)29(33)31-16-15-25-22(18-31)17-27(35-25)20-11-13-23(14-12-20)30-28(32)24-5-3-4-6-26(24)34-2/h3-14,17H,15-16,18H2,1-2H3,(H,30,32). The van der Waals surface area contributed by atoms with Gasteiger partial charge in [0, 0.05) is 41.9 Å². The maximum atomic E-state index is 12.9. The van der Waals surface area contributed by atoms with Crippen molar-refractivity contribution in [2.24, 2.45) is 0 Å². The molecule has 1 N–H and O–H groups in total. The highest BCUT2D eigenvalue weighted by molar-refractivity contribution is 6.06. The Labute approximate surface area is 204 Å². The van der Waals surface area contributed by atoms with Crippen molar-refractivity contribution in [2.75, 3.05) is 19.0 Å². The predicted molar refractivity (Wildman–Crippen MR) is 135 cm³/mol. The first kappa shape index (κ1) is 22.5. The SMILES string of the molecule is COc1ccccc1C(=O)Nc1ccc(-c2cc3c(o2)CCN(C(=O)c2ccc(C)cc2)C3)cc1. The highest BCUT2D eigenvalue weighted by Gasteiger charge is 2.25. The summed E-state index contributed by atoms with van der Waals surface area (Å²) in [7, 11) is 1.54. The van der Waals surface area contributed by atoms with Crippen molar-refractivity contribution in [1.29, 1.82) is 0 Å². The van der Waals surface area contributed by atoms with Gasteiger partial charge in [0.15, 0.2) is 0 Å². The van der Waals surface area contributed by atoms with Gasteiger partial charge in [-0.15, -0.1) is 0 Å². The van der Waals surface area contributed by atoms with E-state index in [1.54, 1.807) is 25.3 Å². The van der Waals surface area contributed by atoms with Crippen LogP contribution < -0.4 is 10.1 Å². The lowest BCUT2D eigenvalue weighted by molar-refractivity contribution is 0.0730. The molecule has 0 unspecified atom stereocenters. The minimum absolute atomic E-state index is 0.0357. The molecule has 35 heavy (non-hydrogen) atoms. The first-order valence-corrected chi connectivity index (χ1v) is 11.5. The number of nitrogens with zero attached hydrogens (tertiary/aromatic N) is 1. The second kappa shape index (κ2) is 9.50. The molecular formula is C29H26N2O4. The van der Waals surface area contributed by atoms with Crippen LogP contribution in [0.3, 0.4) is 0 Å². The molecule has 1 aliphatic rings. The van der Waals surface area contributed by atoms with Crippen molar-refractivity contribution in [1.82, 2.24) is 4.90 Å². The van der Waals surface area contributed by atoms with E-state index >= 15 is 0 Å². The molecule has 3 aromatic carbocycles. The molecule has 1 aromatic heterocycles. The van der Waals surface area contributed by atoms with Crippen LogP contribution in [-0.2, 0) is 13.0 Å². The maximum Gasteiger partial charge on any atom is 0.259 e. The molecule has 6 heteroatoms. The van der Waals surface area contributed by atoms with Gasteiger partial charge in [-0.1, -0.05) is 29.8 Å². The molecule has 0 radical (unpaired) electrons. The summed E-state index contributed by atoms with van der Waals surface area (Å²) in [5, 5.41) is 2.90. The van der Waals surface area contributed by atoms with E-state index in [2.05, 4.69) is 5.32 Å². The van der Waals surface area contributed by atoms with Gasteiger partial charge in [-0.2, -0.15) is 0 Å². The highest BCUT2D eigenvalue weighted by Crippen LogP contribution is 2.31. The number of methoxy groups -OCH3 is 1. The molecule has 0 saturated heterocycles. The number of ether oxygens (including phenoxy) is 1. The van der Waals surface area contributed by atoms with Crippen LogP contribution in [0.1, 0.15) is 37.6 Å². The molecular weight excluding hydrogens is 440 g/mol. The molecule has 0 bridgehead atoms. The fourth-order valence-corrected chi connectivity index (χ4v) is 4.28. The van der Waals surface area contributed by atoms with E-state index in [-0.39, 0.29) is 11.8 Å². The maximum absolute atomic E-state index is 12.9. The Morgan fingerprint density at radius 2 is 1.71 bits per heavy atom. The van der Waals surface area contributed by atoms with Crippen molar-refractivity contribution in [3.05, 3.63) is 107 Å². The summed E-state index contributed by atoms with van der Waals surface area (Å²) in [6.07, 6.45) is 0.681. The minimum Gasteiger partial charge on any atom is -0.496 e. The monoisotopic (exact) mass is 466 g/mol. The van der Waals surface area contributed by atoms with Crippen molar-refractivity contribution in [3.63, 3.8) is 0 Å². The number of carbonyl (C=O) groups is 2. The van der Waals surface area contributed by atoms with E-state index in [9.17, 15) is 9.59 Å². The Bertz CT molecular complexity index is 1370. The fraction of sp³-hybridized carbons (Fsp3) is 0.172. The summed E-state index contributed by atoms with van der Waals surface area (Å²) in [6.45, 7) is 3.16. The highest BCUT2D eigenvalue weighted by atomic mass is 16.5. The molecule has 1 aliphatic heterocycles.